The molecule has 5 aromatic rings. The maximum Gasteiger partial charge on any atom is 0.326 e. The maximum atomic E-state index is 9.45. The fourth-order valence-corrected chi connectivity index (χ4v) is 5.42. The number of benzene rings is 5. The average Bonchev–Trinajstić information content (AvgIpc) is 3.16. The molecule has 1 aliphatic carbocycles. The first-order valence-electron chi connectivity index (χ1n) is 12.3. The highest BCUT2D eigenvalue weighted by Gasteiger charge is 2.35. The highest BCUT2D eigenvalue weighted by Crippen LogP contribution is 2.50. The van der Waals surface area contributed by atoms with Crippen molar-refractivity contribution in [1.82, 2.24) is 0 Å². The van der Waals surface area contributed by atoms with Gasteiger partial charge < -0.3 is 9.92 Å². The van der Waals surface area contributed by atoms with Crippen molar-refractivity contribution in [2.75, 3.05) is 4.90 Å². The summed E-state index contributed by atoms with van der Waals surface area (Å²) in [6, 6.07) is 42.7. The Morgan fingerprint density at radius 1 is 0.556 bits per heavy atom. The molecule has 0 bridgehead atoms. The van der Waals surface area contributed by atoms with Gasteiger partial charge in [-0.1, -0.05) is 104 Å². The zero-order chi connectivity index (χ0) is 24.7. The molecule has 2 nitrogen and oxygen atoms in total. The van der Waals surface area contributed by atoms with E-state index in [1.165, 1.54) is 33.4 Å². The molecule has 0 saturated carbocycles. The van der Waals surface area contributed by atoms with Crippen molar-refractivity contribution in [3.05, 3.63) is 132 Å². The van der Waals surface area contributed by atoms with Crippen molar-refractivity contribution in [2.24, 2.45) is 0 Å². The van der Waals surface area contributed by atoms with E-state index in [2.05, 4.69) is 122 Å². The predicted molar refractivity (Wildman–Crippen MR) is 152 cm³/mol. The molecule has 1 N–H and O–H groups in total. The van der Waals surface area contributed by atoms with E-state index in [1.54, 1.807) is 0 Å². The molecule has 0 heterocycles. The summed E-state index contributed by atoms with van der Waals surface area (Å²) in [5.41, 5.74) is 11.7. The summed E-state index contributed by atoms with van der Waals surface area (Å²) >= 11 is 0. The largest absolute Gasteiger partial charge is 0.450 e. The van der Waals surface area contributed by atoms with Crippen LogP contribution in [0.25, 0.3) is 22.3 Å². The smallest absolute Gasteiger partial charge is 0.326 e. The Balaban J connectivity index is 1.47. The van der Waals surface area contributed by atoms with Crippen LogP contribution in [0.3, 0.4) is 0 Å². The lowest BCUT2D eigenvalue weighted by Gasteiger charge is -2.28. The van der Waals surface area contributed by atoms with E-state index in [1.807, 2.05) is 18.2 Å². The summed E-state index contributed by atoms with van der Waals surface area (Å²) in [5, 5.41) is 9.45. The van der Waals surface area contributed by atoms with Crippen LogP contribution < -0.4 is 10.4 Å². The van der Waals surface area contributed by atoms with Gasteiger partial charge in [-0.25, -0.2) is 0 Å². The molecule has 1 aliphatic rings. The summed E-state index contributed by atoms with van der Waals surface area (Å²) in [5.74, 6) is 0. The van der Waals surface area contributed by atoms with Crippen LogP contribution in [0.2, 0.25) is 0 Å². The third-order valence-corrected chi connectivity index (χ3v) is 7.36. The molecule has 173 valence electrons. The van der Waals surface area contributed by atoms with Crippen LogP contribution in [-0.2, 0) is 5.41 Å². The van der Waals surface area contributed by atoms with E-state index in [4.69, 9.17) is 0 Å². The molecule has 0 unspecified atom stereocenters. The van der Waals surface area contributed by atoms with E-state index in [0.29, 0.717) is 0 Å². The molecule has 0 fully saturated rings. The lowest BCUT2D eigenvalue weighted by Crippen LogP contribution is -2.17. The van der Waals surface area contributed by atoms with Gasteiger partial charge in [-0.3, -0.25) is 0 Å². The zero-order valence-electron chi connectivity index (χ0n) is 20.5. The third kappa shape index (κ3) is 3.73. The van der Waals surface area contributed by atoms with Crippen molar-refractivity contribution in [3.8, 4) is 22.3 Å². The average molecular weight is 464 g/mol. The summed E-state index contributed by atoms with van der Waals surface area (Å²) in [4.78, 5) is 2.29. The second-order valence-corrected chi connectivity index (χ2v) is 9.87. The summed E-state index contributed by atoms with van der Waals surface area (Å²) in [7, 11) is 1.14. The Bertz CT molecular complexity index is 1520. The van der Waals surface area contributed by atoms with Gasteiger partial charge in [0.05, 0.1) is 0 Å². The predicted octanol–water partition coefficient (Wildman–Crippen LogP) is 7.37. The van der Waals surface area contributed by atoms with Crippen molar-refractivity contribution < 1.29 is 5.02 Å². The minimum atomic E-state index is -0.0690. The van der Waals surface area contributed by atoms with Crippen LogP contribution in [-0.4, -0.2) is 12.5 Å². The Morgan fingerprint density at radius 3 is 1.81 bits per heavy atom. The molecule has 3 heteroatoms. The Kier molecular flexibility index (Phi) is 5.51. The molecule has 5 aromatic carbocycles. The fourth-order valence-electron chi connectivity index (χ4n) is 5.42. The third-order valence-electron chi connectivity index (χ3n) is 7.36. The van der Waals surface area contributed by atoms with Gasteiger partial charge >= 0.3 is 7.48 Å². The van der Waals surface area contributed by atoms with Crippen LogP contribution in [0, 0.1) is 0 Å². The Hall–Kier alpha value is -4.08. The summed E-state index contributed by atoms with van der Waals surface area (Å²) in [6.45, 7) is 4.62. The van der Waals surface area contributed by atoms with Crippen molar-refractivity contribution in [1.29, 1.82) is 0 Å². The number of anilines is 3. The van der Waals surface area contributed by atoms with Crippen molar-refractivity contribution in [2.45, 2.75) is 19.3 Å². The number of fused-ring (bicyclic) bond motifs is 3. The van der Waals surface area contributed by atoms with E-state index < -0.39 is 0 Å². The first-order valence-corrected chi connectivity index (χ1v) is 12.3. The van der Waals surface area contributed by atoms with Gasteiger partial charge in [0.2, 0.25) is 0 Å². The highest BCUT2D eigenvalue weighted by molar-refractivity contribution is 6.45. The first kappa shape index (κ1) is 22.4. The molecule has 1 radical (unpaired) electrons. The molecule has 0 atom stereocenters. The number of rotatable bonds is 5. The lowest BCUT2D eigenvalue weighted by atomic mass is 9.82. The Labute approximate surface area is 213 Å². The van der Waals surface area contributed by atoms with E-state index in [9.17, 15) is 5.02 Å². The molecule has 0 amide bonds. The van der Waals surface area contributed by atoms with Crippen molar-refractivity contribution >= 4 is 30.0 Å². The minimum absolute atomic E-state index is 0.0690. The van der Waals surface area contributed by atoms with Gasteiger partial charge in [0.1, 0.15) is 0 Å². The zero-order valence-corrected chi connectivity index (χ0v) is 20.5. The van der Waals surface area contributed by atoms with Gasteiger partial charge in [0, 0.05) is 22.5 Å². The molecule has 6 rings (SSSR count). The molecular formula is C33H27BNO. The van der Waals surface area contributed by atoms with Gasteiger partial charge in [-0.15, -0.1) is 0 Å². The van der Waals surface area contributed by atoms with E-state index >= 15 is 0 Å². The molecular weight excluding hydrogens is 437 g/mol. The summed E-state index contributed by atoms with van der Waals surface area (Å²) in [6.07, 6.45) is 0. The molecule has 36 heavy (non-hydrogen) atoms. The minimum Gasteiger partial charge on any atom is -0.450 e. The number of hydrogen-bond donors (Lipinski definition) is 1. The SMILES string of the molecule is CC1(C)c2ccccc2-c2ccc(N(c3ccc([B]O)cc3)c3ccc(-c4ccccc4)cc3)cc21. The van der Waals surface area contributed by atoms with Crippen molar-refractivity contribution in [3.63, 3.8) is 0 Å². The second-order valence-electron chi connectivity index (χ2n) is 9.87. The van der Waals surface area contributed by atoms with Crippen LogP contribution in [0.1, 0.15) is 25.0 Å². The lowest BCUT2D eigenvalue weighted by molar-refractivity contribution is 0.615. The molecule has 0 aromatic heterocycles. The van der Waals surface area contributed by atoms with E-state index in [-0.39, 0.29) is 5.41 Å². The maximum absolute atomic E-state index is 9.45. The fraction of sp³-hybridized carbons (Fsp3) is 0.0909. The second kappa shape index (κ2) is 8.85. The van der Waals surface area contributed by atoms with Crippen LogP contribution in [0.4, 0.5) is 17.1 Å². The molecule has 0 saturated heterocycles. The highest BCUT2D eigenvalue weighted by atomic mass is 16.2. The van der Waals surface area contributed by atoms with E-state index in [0.717, 1.165) is 30.0 Å². The van der Waals surface area contributed by atoms with Crippen LogP contribution in [0.5, 0.6) is 0 Å². The van der Waals surface area contributed by atoms with Gasteiger partial charge in [0.25, 0.3) is 0 Å². The monoisotopic (exact) mass is 464 g/mol. The van der Waals surface area contributed by atoms with Gasteiger partial charge in [-0.2, -0.15) is 0 Å². The quantitative estimate of drug-likeness (QED) is 0.275. The Morgan fingerprint density at radius 2 is 1.11 bits per heavy atom. The molecule has 0 aliphatic heterocycles. The number of hydrogen-bond acceptors (Lipinski definition) is 2. The number of nitrogens with zero attached hydrogens (tertiary/aromatic N) is 1. The first-order chi connectivity index (χ1) is 17.6. The van der Waals surface area contributed by atoms with Gasteiger partial charge in [0.15, 0.2) is 0 Å². The molecule has 0 spiro atoms. The van der Waals surface area contributed by atoms with Gasteiger partial charge in [-0.05, 0) is 69.8 Å². The van der Waals surface area contributed by atoms with Crippen LogP contribution >= 0.6 is 0 Å². The van der Waals surface area contributed by atoms with Crippen LogP contribution in [0.15, 0.2) is 121 Å². The summed E-state index contributed by atoms with van der Waals surface area (Å²) < 4.78 is 0. The topological polar surface area (TPSA) is 23.5 Å². The normalized spacial score (nSPS) is 13.1. The standard InChI is InChI=1S/C33H27BNO/c1-33(2)31-11-7-6-10-29(31)30-21-20-28(22-32(30)33)35(27-18-14-25(34-36)15-19-27)26-16-12-24(13-17-26)23-8-4-3-5-9-23/h3-22,36H,1-2H3.